The van der Waals surface area contributed by atoms with Crippen LogP contribution >= 0.6 is 0 Å². The molecule has 1 fully saturated rings. The first-order valence-electron chi connectivity index (χ1n) is 9.17. The van der Waals surface area contributed by atoms with Crippen LogP contribution < -0.4 is 14.8 Å². The maximum atomic E-state index is 12.9. The zero-order chi connectivity index (χ0) is 20.9. The van der Waals surface area contributed by atoms with Gasteiger partial charge in [-0.1, -0.05) is 0 Å². The number of benzene rings is 1. The summed E-state index contributed by atoms with van der Waals surface area (Å²) in [5.41, 5.74) is 0. The monoisotopic (exact) mass is 423 g/mol. The summed E-state index contributed by atoms with van der Waals surface area (Å²) in [4.78, 5) is 14.2. The Balaban J connectivity index is 1.54. The Hall–Kier alpha value is -2.56. The molecule has 1 amide bonds. The van der Waals surface area contributed by atoms with E-state index in [9.17, 15) is 13.2 Å². The molecule has 1 saturated heterocycles. The van der Waals surface area contributed by atoms with Gasteiger partial charge >= 0.3 is 0 Å². The molecule has 158 valence electrons. The van der Waals surface area contributed by atoms with Gasteiger partial charge < -0.3 is 19.2 Å². The quantitative estimate of drug-likeness (QED) is 0.674. The number of carbonyl (C=O) groups excluding carboxylic acids is 1. The molecular weight excluding hydrogens is 398 g/mol. The highest BCUT2D eigenvalue weighted by Crippen LogP contribution is 2.30. The predicted octanol–water partition coefficient (Wildman–Crippen LogP) is 0.920. The zero-order valence-electron chi connectivity index (χ0n) is 16.5. The molecule has 9 nitrogen and oxygen atoms in total. The van der Waals surface area contributed by atoms with Crippen LogP contribution in [0.2, 0.25) is 0 Å². The van der Waals surface area contributed by atoms with Crippen LogP contribution in [0.25, 0.3) is 0 Å². The number of hydrogen-bond donors (Lipinski definition) is 1. The van der Waals surface area contributed by atoms with Crippen molar-refractivity contribution in [2.75, 3.05) is 46.9 Å². The third-order valence-corrected chi connectivity index (χ3v) is 6.63. The van der Waals surface area contributed by atoms with Gasteiger partial charge in [0.05, 0.1) is 38.5 Å². The fraction of sp³-hybridized carbons (Fsp3) is 0.421. The molecule has 3 rings (SSSR count). The largest absolute Gasteiger partial charge is 0.493 e. The van der Waals surface area contributed by atoms with Crippen molar-refractivity contribution in [2.45, 2.75) is 11.4 Å². The van der Waals surface area contributed by atoms with Crippen molar-refractivity contribution in [3.63, 3.8) is 0 Å². The molecule has 0 atom stereocenters. The summed E-state index contributed by atoms with van der Waals surface area (Å²) in [7, 11) is -0.695. The predicted molar refractivity (Wildman–Crippen MR) is 105 cm³/mol. The van der Waals surface area contributed by atoms with Crippen molar-refractivity contribution in [2.24, 2.45) is 0 Å². The fourth-order valence-corrected chi connectivity index (χ4v) is 4.55. The number of ether oxygens (including phenoxy) is 2. The molecule has 0 bridgehead atoms. The number of amides is 1. The molecule has 0 radical (unpaired) electrons. The van der Waals surface area contributed by atoms with Crippen LogP contribution in [0.15, 0.2) is 45.9 Å². The third kappa shape index (κ3) is 5.08. The first-order chi connectivity index (χ1) is 13.9. The molecule has 29 heavy (non-hydrogen) atoms. The molecule has 0 unspecified atom stereocenters. The van der Waals surface area contributed by atoms with Crippen molar-refractivity contribution in [1.29, 1.82) is 0 Å². The van der Waals surface area contributed by atoms with Crippen LogP contribution in [-0.4, -0.2) is 70.5 Å². The molecule has 2 aromatic rings. The lowest BCUT2D eigenvalue weighted by atomic mass is 10.3. The molecule has 1 aliphatic rings. The standard InChI is InChI=1S/C19H25N3O6S/c1-26-17-6-5-16(12-18(17)27-2)29(24,25)22-9-7-21(8-10-22)14-19(23)20-13-15-4-3-11-28-15/h3-6,11-12H,7-10,13-14H2,1-2H3,(H,20,23). The molecule has 10 heteroatoms. The molecule has 1 aromatic heterocycles. The van der Waals surface area contributed by atoms with Crippen LogP contribution in [0.3, 0.4) is 0 Å². The smallest absolute Gasteiger partial charge is 0.243 e. The molecular formula is C19H25N3O6S. The highest BCUT2D eigenvalue weighted by Gasteiger charge is 2.29. The van der Waals surface area contributed by atoms with Gasteiger partial charge in [-0.2, -0.15) is 4.31 Å². The lowest BCUT2D eigenvalue weighted by Gasteiger charge is -2.33. The SMILES string of the molecule is COc1ccc(S(=O)(=O)N2CCN(CC(=O)NCc3ccco3)CC2)cc1OC. The maximum Gasteiger partial charge on any atom is 0.243 e. The number of sulfonamides is 1. The van der Waals surface area contributed by atoms with Crippen molar-refractivity contribution < 1.29 is 27.1 Å². The molecule has 2 heterocycles. The Labute approximate surface area is 170 Å². The molecule has 1 aromatic carbocycles. The second-order valence-corrected chi connectivity index (χ2v) is 8.49. The topological polar surface area (TPSA) is 101 Å². The van der Waals surface area contributed by atoms with Crippen molar-refractivity contribution in [3.05, 3.63) is 42.4 Å². The zero-order valence-corrected chi connectivity index (χ0v) is 17.3. The van der Waals surface area contributed by atoms with Gasteiger partial charge in [0, 0.05) is 32.2 Å². The van der Waals surface area contributed by atoms with Crippen LogP contribution in [0.1, 0.15) is 5.76 Å². The Morgan fingerprint density at radius 2 is 1.83 bits per heavy atom. The van der Waals surface area contributed by atoms with Gasteiger partial charge in [0.1, 0.15) is 5.76 Å². The van der Waals surface area contributed by atoms with Gasteiger partial charge in [-0.3, -0.25) is 9.69 Å². The number of piperazine rings is 1. The summed E-state index contributed by atoms with van der Waals surface area (Å²) >= 11 is 0. The number of rotatable bonds is 8. The van der Waals surface area contributed by atoms with Gasteiger partial charge in [0.25, 0.3) is 0 Å². The molecule has 0 saturated carbocycles. The molecule has 1 N–H and O–H groups in total. The van der Waals surface area contributed by atoms with Crippen molar-refractivity contribution >= 4 is 15.9 Å². The minimum atomic E-state index is -3.65. The van der Waals surface area contributed by atoms with Crippen LogP contribution in [-0.2, 0) is 21.4 Å². The summed E-state index contributed by atoms with van der Waals surface area (Å²) in [5, 5.41) is 2.79. The normalized spacial score (nSPS) is 15.8. The van der Waals surface area contributed by atoms with E-state index in [2.05, 4.69) is 5.32 Å². The van der Waals surface area contributed by atoms with E-state index in [1.165, 1.54) is 30.7 Å². The van der Waals surface area contributed by atoms with Gasteiger partial charge in [-0.05, 0) is 24.3 Å². The van der Waals surface area contributed by atoms with E-state index in [1.807, 2.05) is 4.90 Å². The van der Waals surface area contributed by atoms with Gasteiger partial charge in [-0.25, -0.2) is 8.42 Å². The summed E-state index contributed by atoms with van der Waals surface area (Å²) in [6.45, 7) is 2.11. The Morgan fingerprint density at radius 1 is 1.10 bits per heavy atom. The van der Waals surface area contributed by atoms with E-state index in [1.54, 1.807) is 24.5 Å². The van der Waals surface area contributed by atoms with Gasteiger partial charge in [-0.15, -0.1) is 0 Å². The average molecular weight is 423 g/mol. The number of carbonyl (C=O) groups is 1. The summed E-state index contributed by atoms with van der Waals surface area (Å²) in [6, 6.07) is 8.09. The van der Waals surface area contributed by atoms with Crippen molar-refractivity contribution in [1.82, 2.24) is 14.5 Å². The highest BCUT2D eigenvalue weighted by molar-refractivity contribution is 7.89. The van der Waals surface area contributed by atoms with Crippen LogP contribution in [0.5, 0.6) is 11.5 Å². The van der Waals surface area contributed by atoms with Gasteiger partial charge in [0.2, 0.25) is 15.9 Å². The lowest BCUT2D eigenvalue weighted by molar-refractivity contribution is -0.122. The first kappa shape index (κ1) is 21.2. The summed E-state index contributed by atoms with van der Waals surface area (Å²) in [6.07, 6.45) is 1.56. The minimum Gasteiger partial charge on any atom is -0.493 e. The van der Waals surface area contributed by atoms with Crippen LogP contribution in [0.4, 0.5) is 0 Å². The second kappa shape index (κ2) is 9.29. The van der Waals surface area contributed by atoms with E-state index in [4.69, 9.17) is 13.9 Å². The summed E-state index contributed by atoms with van der Waals surface area (Å²) in [5.74, 6) is 1.39. The number of nitrogens with one attached hydrogen (secondary N) is 1. The Bertz CT molecular complexity index is 921. The number of furan rings is 1. The highest BCUT2D eigenvalue weighted by atomic mass is 32.2. The Morgan fingerprint density at radius 3 is 2.45 bits per heavy atom. The van der Waals surface area contributed by atoms with Gasteiger partial charge in [0.15, 0.2) is 11.5 Å². The average Bonchev–Trinajstić information content (AvgIpc) is 3.26. The third-order valence-electron chi connectivity index (χ3n) is 4.73. The minimum absolute atomic E-state index is 0.127. The van der Waals surface area contributed by atoms with E-state index in [0.29, 0.717) is 50.0 Å². The maximum absolute atomic E-state index is 12.9. The lowest BCUT2D eigenvalue weighted by Crippen LogP contribution is -2.50. The van der Waals surface area contributed by atoms with E-state index >= 15 is 0 Å². The first-order valence-corrected chi connectivity index (χ1v) is 10.6. The van der Waals surface area contributed by atoms with E-state index in [-0.39, 0.29) is 17.3 Å². The van der Waals surface area contributed by atoms with Crippen LogP contribution in [0, 0.1) is 0 Å². The molecule has 0 aliphatic carbocycles. The van der Waals surface area contributed by atoms with E-state index in [0.717, 1.165) is 0 Å². The van der Waals surface area contributed by atoms with Crippen molar-refractivity contribution in [3.8, 4) is 11.5 Å². The number of nitrogens with zero attached hydrogens (tertiary/aromatic N) is 2. The molecule has 0 spiro atoms. The fourth-order valence-electron chi connectivity index (χ4n) is 3.11. The number of methoxy groups -OCH3 is 2. The second-order valence-electron chi connectivity index (χ2n) is 6.55. The Kier molecular flexibility index (Phi) is 6.78. The van der Waals surface area contributed by atoms with E-state index < -0.39 is 10.0 Å². The number of hydrogen-bond acceptors (Lipinski definition) is 7. The summed E-state index contributed by atoms with van der Waals surface area (Å²) < 4.78 is 42.8. The molecule has 1 aliphatic heterocycles.